The van der Waals surface area contributed by atoms with Crippen molar-refractivity contribution in [2.45, 2.75) is 13.8 Å². The third-order valence-corrected chi connectivity index (χ3v) is 3.19. The van der Waals surface area contributed by atoms with Crippen LogP contribution in [-0.4, -0.2) is 25.7 Å². The fourth-order valence-electron chi connectivity index (χ4n) is 1.37. The topological polar surface area (TPSA) is 38.3 Å². The Morgan fingerprint density at radius 3 is 2.83 bits per heavy atom. The molecule has 18 heavy (non-hydrogen) atoms. The van der Waals surface area contributed by atoms with E-state index in [4.69, 9.17) is 4.74 Å². The number of benzene rings is 1. The van der Waals surface area contributed by atoms with E-state index in [0.29, 0.717) is 25.3 Å². The predicted molar refractivity (Wildman–Crippen MR) is 76.8 cm³/mol. The van der Waals surface area contributed by atoms with Crippen LogP contribution in [0.5, 0.6) is 0 Å². The number of ether oxygens (including phenoxy) is 1. The summed E-state index contributed by atoms with van der Waals surface area (Å²) in [6.07, 6.45) is 0. The van der Waals surface area contributed by atoms with Gasteiger partial charge in [0.2, 0.25) is 0 Å². The molecule has 1 aromatic rings. The summed E-state index contributed by atoms with van der Waals surface area (Å²) in [5, 5.41) is 2.81. The average molecular weight is 312 g/mol. The van der Waals surface area contributed by atoms with Gasteiger partial charge in [0.15, 0.2) is 0 Å². The third kappa shape index (κ3) is 5.02. The Labute approximate surface area is 116 Å². The van der Waals surface area contributed by atoms with Crippen molar-refractivity contribution in [3.63, 3.8) is 0 Å². The maximum atomic E-state index is 11.8. The zero-order valence-electron chi connectivity index (χ0n) is 10.8. The minimum absolute atomic E-state index is 0.0791. The van der Waals surface area contributed by atoms with E-state index in [1.807, 2.05) is 26.0 Å². The second-order valence-electron chi connectivity index (χ2n) is 4.23. The second kappa shape index (κ2) is 7.34. The Bertz CT molecular complexity index is 443. The van der Waals surface area contributed by atoms with E-state index in [9.17, 15) is 4.79 Å². The number of aryl methyl sites for hydroxylation is 1. The highest BCUT2D eigenvalue weighted by Gasteiger charge is 2.06. The zero-order valence-corrected chi connectivity index (χ0v) is 12.3. The molecule has 0 radical (unpaired) electrons. The molecule has 0 aliphatic carbocycles. The first-order valence-corrected chi connectivity index (χ1v) is 6.56. The van der Waals surface area contributed by atoms with Gasteiger partial charge in [-0.25, -0.2) is 0 Å². The van der Waals surface area contributed by atoms with Gasteiger partial charge in [-0.1, -0.05) is 28.1 Å². The lowest BCUT2D eigenvalue weighted by Crippen LogP contribution is -2.27. The van der Waals surface area contributed by atoms with Gasteiger partial charge in [-0.2, -0.15) is 0 Å². The molecule has 0 spiro atoms. The van der Waals surface area contributed by atoms with Crippen LogP contribution in [0.15, 0.2) is 34.8 Å². The van der Waals surface area contributed by atoms with Crippen molar-refractivity contribution < 1.29 is 9.53 Å². The molecule has 3 nitrogen and oxygen atoms in total. The van der Waals surface area contributed by atoms with Gasteiger partial charge >= 0.3 is 0 Å². The molecule has 0 aromatic heterocycles. The van der Waals surface area contributed by atoms with Crippen LogP contribution in [0.3, 0.4) is 0 Å². The Kier molecular flexibility index (Phi) is 6.09. The van der Waals surface area contributed by atoms with Gasteiger partial charge in [-0.05, 0) is 37.6 Å². The van der Waals surface area contributed by atoms with Gasteiger partial charge in [0.1, 0.15) is 0 Å². The summed E-state index contributed by atoms with van der Waals surface area (Å²) >= 11 is 3.41. The van der Waals surface area contributed by atoms with E-state index in [1.54, 1.807) is 6.07 Å². The standard InChI is InChI=1S/C14H18BrNO2/c1-10(2)9-18-7-6-16-14(17)12-4-5-13(15)11(3)8-12/h4-5,8H,1,6-7,9H2,2-3H3,(H,16,17). The van der Waals surface area contributed by atoms with Crippen LogP contribution in [-0.2, 0) is 4.74 Å². The van der Waals surface area contributed by atoms with Crippen LogP contribution in [0.2, 0.25) is 0 Å². The van der Waals surface area contributed by atoms with Crippen molar-refractivity contribution in [3.8, 4) is 0 Å². The summed E-state index contributed by atoms with van der Waals surface area (Å²) in [7, 11) is 0. The lowest BCUT2D eigenvalue weighted by atomic mass is 10.1. The average Bonchev–Trinajstić information content (AvgIpc) is 2.31. The molecule has 1 amide bonds. The highest BCUT2D eigenvalue weighted by Crippen LogP contribution is 2.16. The van der Waals surface area contributed by atoms with Crippen LogP contribution >= 0.6 is 15.9 Å². The van der Waals surface area contributed by atoms with Gasteiger partial charge in [0.05, 0.1) is 13.2 Å². The van der Waals surface area contributed by atoms with E-state index in [2.05, 4.69) is 27.8 Å². The Hall–Kier alpha value is -1.13. The first kappa shape index (κ1) is 14.9. The van der Waals surface area contributed by atoms with Crippen LogP contribution in [0.25, 0.3) is 0 Å². The number of hydrogen-bond acceptors (Lipinski definition) is 2. The molecule has 0 unspecified atom stereocenters. The highest BCUT2D eigenvalue weighted by molar-refractivity contribution is 9.10. The first-order valence-electron chi connectivity index (χ1n) is 5.77. The molecule has 0 aliphatic rings. The normalized spacial score (nSPS) is 10.2. The minimum atomic E-state index is -0.0791. The van der Waals surface area contributed by atoms with Crippen LogP contribution < -0.4 is 5.32 Å². The smallest absolute Gasteiger partial charge is 0.251 e. The molecule has 98 valence electrons. The van der Waals surface area contributed by atoms with Crippen LogP contribution in [0, 0.1) is 6.92 Å². The number of rotatable bonds is 6. The molecule has 0 bridgehead atoms. The quantitative estimate of drug-likeness (QED) is 0.647. The molecule has 1 aromatic carbocycles. The van der Waals surface area contributed by atoms with Crippen molar-refractivity contribution in [1.29, 1.82) is 0 Å². The lowest BCUT2D eigenvalue weighted by Gasteiger charge is -2.07. The van der Waals surface area contributed by atoms with E-state index in [-0.39, 0.29) is 5.91 Å². The highest BCUT2D eigenvalue weighted by atomic mass is 79.9. The van der Waals surface area contributed by atoms with E-state index >= 15 is 0 Å². The van der Waals surface area contributed by atoms with Gasteiger partial charge in [0.25, 0.3) is 5.91 Å². The van der Waals surface area contributed by atoms with Gasteiger partial charge < -0.3 is 10.1 Å². The molecule has 1 N–H and O–H groups in total. The number of nitrogens with one attached hydrogen (secondary N) is 1. The largest absolute Gasteiger partial charge is 0.375 e. The van der Waals surface area contributed by atoms with Crippen molar-refractivity contribution in [2.75, 3.05) is 19.8 Å². The Morgan fingerprint density at radius 1 is 1.50 bits per heavy atom. The van der Waals surface area contributed by atoms with E-state index in [1.165, 1.54) is 0 Å². The second-order valence-corrected chi connectivity index (χ2v) is 5.08. The van der Waals surface area contributed by atoms with Crippen molar-refractivity contribution in [3.05, 3.63) is 46.0 Å². The summed E-state index contributed by atoms with van der Waals surface area (Å²) < 4.78 is 6.31. The van der Waals surface area contributed by atoms with Crippen molar-refractivity contribution in [1.82, 2.24) is 5.32 Å². The van der Waals surface area contributed by atoms with Crippen LogP contribution in [0.1, 0.15) is 22.8 Å². The molecule has 1 rings (SSSR count). The molecule has 0 atom stereocenters. The van der Waals surface area contributed by atoms with E-state index < -0.39 is 0 Å². The number of carbonyl (C=O) groups is 1. The summed E-state index contributed by atoms with van der Waals surface area (Å²) in [5.74, 6) is -0.0791. The Balaban J connectivity index is 2.36. The summed E-state index contributed by atoms with van der Waals surface area (Å²) in [6.45, 7) is 9.13. The van der Waals surface area contributed by atoms with Gasteiger partial charge in [-0.15, -0.1) is 0 Å². The van der Waals surface area contributed by atoms with Gasteiger partial charge in [-0.3, -0.25) is 4.79 Å². The fourth-order valence-corrected chi connectivity index (χ4v) is 1.62. The molecular formula is C14H18BrNO2. The number of hydrogen-bond donors (Lipinski definition) is 1. The molecular weight excluding hydrogens is 294 g/mol. The number of carbonyl (C=O) groups excluding carboxylic acids is 1. The SMILES string of the molecule is C=C(C)COCCNC(=O)c1ccc(Br)c(C)c1. The number of halogens is 1. The molecule has 4 heteroatoms. The molecule has 0 saturated heterocycles. The predicted octanol–water partition coefficient (Wildman–Crippen LogP) is 3.08. The first-order chi connectivity index (χ1) is 8.50. The summed E-state index contributed by atoms with van der Waals surface area (Å²) in [6, 6.07) is 5.52. The molecule has 0 saturated carbocycles. The maximum Gasteiger partial charge on any atom is 0.251 e. The minimum Gasteiger partial charge on any atom is -0.375 e. The van der Waals surface area contributed by atoms with Crippen molar-refractivity contribution in [2.24, 2.45) is 0 Å². The van der Waals surface area contributed by atoms with Crippen molar-refractivity contribution >= 4 is 21.8 Å². The van der Waals surface area contributed by atoms with Crippen LogP contribution in [0.4, 0.5) is 0 Å². The zero-order chi connectivity index (χ0) is 13.5. The summed E-state index contributed by atoms with van der Waals surface area (Å²) in [4.78, 5) is 11.8. The lowest BCUT2D eigenvalue weighted by molar-refractivity contribution is 0.0926. The van der Waals surface area contributed by atoms with E-state index in [0.717, 1.165) is 15.6 Å². The van der Waals surface area contributed by atoms with Gasteiger partial charge in [0, 0.05) is 16.6 Å². The fraction of sp³-hybridized carbons (Fsp3) is 0.357. The Morgan fingerprint density at radius 2 is 2.22 bits per heavy atom. The number of amides is 1. The maximum absolute atomic E-state index is 11.8. The molecule has 0 fully saturated rings. The summed E-state index contributed by atoms with van der Waals surface area (Å²) in [5.41, 5.74) is 2.68. The third-order valence-electron chi connectivity index (χ3n) is 2.30. The molecule has 0 heterocycles. The molecule has 0 aliphatic heterocycles. The monoisotopic (exact) mass is 311 g/mol.